The predicted octanol–water partition coefficient (Wildman–Crippen LogP) is 3.80. The van der Waals surface area contributed by atoms with Gasteiger partial charge < -0.3 is 10.1 Å². The van der Waals surface area contributed by atoms with Gasteiger partial charge in [-0.1, -0.05) is 11.6 Å². The van der Waals surface area contributed by atoms with Gasteiger partial charge in [-0.3, -0.25) is 0 Å². The monoisotopic (exact) mass is 281 g/mol. The Bertz CT molecular complexity index is 592. The Morgan fingerprint density at radius 3 is 2.89 bits per heavy atom. The van der Waals surface area contributed by atoms with Gasteiger partial charge >= 0.3 is 0 Å². The van der Waals surface area contributed by atoms with Crippen LogP contribution in [0.4, 0.5) is 10.3 Å². The molecule has 0 spiro atoms. The second-order valence-corrected chi connectivity index (χ2v) is 4.30. The number of ether oxygens (including phenoxy) is 1. The Balaban J connectivity index is 2.26. The van der Waals surface area contributed by atoms with Crippen LogP contribution in [0.15, 0.2) is 24.4 Å². The van der Waals surface area contributed by atoms with E-state index < -0.39 is 5.82 Å². The fourth-order valence-corrected chi connectivity index (χ4v) is 1.60. The van der Waals surface area contributed by atoms with Gasteiger partial charge in [-0.05, 0) is 26.0 Å². The van der Waals surface area contributed by atoms with E-state index in [4.69, 9.17) is 16.3 Å². The van der Waals surface area contributed by atoms with Crippen LogP contribution in [0.3, 0.4) is 0 Å². The molecular formula is C13H13ClFN3O. The molecule has 1 aromatic carbocycles. The van der Waals surface area contributed by atoms with E-state index in [1.165, 1.54) is 18.2 Å². The van der Waals surface area contributed by atoms with Crippen LogP contribution < -0.4 is 10.1 Å². The van der Waals surface area contributed by atoms with Crippen LogP contribution >= 0.6 is 11.6 Å². The molecule has 0 aliphatic carbocycles. The molecule has 0 unspecified atom stereocenters. The molecule has 4 nitrogen and oxygen atoms in total. The first kappa shape index (κ1) is 13.5. The van der Waals surface area contributed by atoms with Crippen molar-refractivity contribution in [3.8, 4) is 11.6 Å². The molecule has 0 fully saturated rings. The fourth-order valence-electron chi connectivity index (χ4n) is 1.42. The lowest BCUT2D eigenvalue weighted by molar-refractivity contribution is 0.456. The number of aromatic nitrogens is 2. The van der Waals surface area contributed by atoms with Crippen molar-refractivity contribution in [3.63, 3.8) is 0 Å². The quantitative estimate of drug-likeness (QED) is 0.926. The van der Waals surface area contributed by atoms with Gasteiger partial charge in [0, 0.05) is 24.4 Å². The zero-order valence-electron chi connectivity index (χ0n) is 10.6. The second kappa shape index (κ2) is 5.84. The van der Waals surface area contributed by atoms with Crippen molar-refractivity contribution in [3.05, 3.63) is 40.8 Å². The van der Waals surface area contributed by atoms with E-state index in [0.717, 1.165) is 5.56 Å². The van der Waals surface area contributed by atoms with Crippen molar-refractivity contribution < 1.29 is 9.13 Å². The molecule has 0 atom stereocenters. The molecule has 0 aliphatic heterocycles. The number of hydrogen-bond donors (Lipinski definition) is 1. The molecule has 0 aliphatic rings. The standard InChI is InChI=1S/C13H13ClFN3O/c1-3-16-13-17-7-8(2)12(18-13)19-9-4-5-11(15)10(14)6-9/h4-7H,3H2,1-2H3,(H,16,17,18). The molecule has 2 rings (SSSR count). The zero-order valence-corrected chi connectivity index (χ0v) is 11.3. The molecule has 1 N–H and O–H groups in total. The average Bonchev–Trinajstić information content (AvgIpc) is 2.38. The molecule has 0 saturated carbocycles. The van der Waals surface area contributed by atoms with Gasteiger partial charge in [0.1, 0.15) is 11.6 Å². The highest BCUT2D eigenvalue weighted by atomic mass is 35.5. The third kappa shape index (κ3) is 3.32. The summed E-state index contributed by atoms with van der Waals surface area (Å²) in [6, 6.07) is 4.15. The average molecular weight is 282 g/mol. The van der Waals surface area contributed by atoms with Crippen molar-refractivity contribution in [2.24, 2.45) is 0 Å². The summed E-state index contributed by atoms with van der Waals surface area (Å²) in [5.74, 6) is 0.836. The molecule has 0 radical (unpaired) electrons. The number of nitrogens with zero attached hydrogens (tertiary/aromatic N) is 2. The number of anilines is 1. The maximum atomic E-state index is 13.1. The molecule has 2 aromatic rings. The molecule has 6 heteroatoms. The van der Waals surface area contributed by atoms with Gasteiger partial charge in [0.05, 0.1) is 5.02 Å². The molecule has 1 aromatic heterocycles. The van der Waals surface area contributed by atoms with Crippen LogP contribution in [-0.4, -0.2) is 16.5 Å². The van der Waals surface area contributed by atoms with E-state index >= 15 is 0 Å². The molecular weight excluding hydrogens is 269 g/mol. The van der Waals surface area contributed by atoms with Crippen LogP contribution in [0.25, 0.3) is 0 Å². The molecule has 0 amide bonds. The van der Waals surface area contributed by atoms with Gasteiger partial charge in [-0.2, -0.15) is 4.98 Å². The van der Waals surface area contributed by atoms with Crippen LogP contribution in [-0.2, 0) is 0 Å². The fraction of sp³-hybridized carbons (Fsp3) is 0.231. The lowest BCUT2D eigenvalue weighted by atomic mass is 10.3. The van der Waals surface area contributed by atoms with E-state index in [0.29, 0.717) is 24.1 Å². The topological polar surface area (TPSA) is 47.0 Å². The van der Waals surface area contributed by atoms with Gasteiger partial charge in [-0.15, -0.1) is 0 Å². The van der Waals surface area contributed by atoms with Gasteiger partial charge in [0.25, 0.3) is 0 Å². The minimum absolute atomic E-state index is 0.0103. The predicted molar refractivity (Wildman–Crippen MR) is 72.4 cm³/mol. The van der Waals surface area contributed by atoms with Crippen molar-refractivity contribution in [2.45, 2.75) is 13.8 Å². The number of benzene rings is 1. The highest BCUT2D eigenvalue weighted by Crippen LogP contribution is 2.27. The van der Waals surface area contributed by atoms with Gasteiger partial charge in [0.2, 0.25) is 11.8 Å². The number of hydrogen-bond acceptors (Lipinski definition) is 4. The number of nitrogens with one attached hydrogen (secondary N) is 1. The van der Waals surface area contributed by atoms with Crippen molar-refractivity contribution >= 4 is 17.5 Å². The Morgan fingerprint density at radius 1 is 1.42 bits per heavy atom. The van der Waals surface area contributed by atoms with Crippen LogP contribution in [0, 0.1) is 12.7 Å². The Labute approximate surface area is 115 Å². The van der Waals surface area contributed by atoms with Gasteiger partial charge in [-0.25, -0.2) is 9.37 Å². The summed E-state index contributed by atoms with van der Waals surface area (Å²) in [7, 11) is 0. The van der Waals surface area contributed by atoms with Crippen molar-refractivity contribution in [1.29, 1.82) is 0 Å². The number of halogens is 2. The summed E-state index contributed by atoms with van der Waals surface area (Å²) in [6.45, 7) is 4.49. The lowest BCUT2D eigenvalue weighted by Gasteiger charge is -2.09. The summed E-state index contributed by atoms with van der Waals surface area (Å²) < 4.78 is 18.6. The number of rotatable bonds is 4. The van der Waals surface area contributed by atoms with E-state index in [9.17, 15) is 4.39 Å². The Kier molecular flexibility index (Phi) is 4.16. The summed E-state index contributed by atoms with van der Waals surface area (Å²) in [4.78, 5) is 8.34. The van der Waals surface area contributed by atoms with Crippen LogP contribution in [0.5, 0.6) is 11.6 Å². The first-order chi connectivity index (χ1) is 9.10. The summed E-state index contributed by atoms with van der Waals surface area (Å²) >= 11 is 5.70. The first-order valence-corrected chi connectivity index (χ1v) is 6.18. The van der Waals surface area contributed by atoms with E-state index in [1.54, 1.807) is 6.20 Å². The molecule has 1 heterocycles. The van der Waals surface area contributed by atoms with E-state index in [2.05, 4.69) is 15.3 Å². The maximum Gasteiger partial charge on any atom is 0.226 e. The SMILES string of the molecule is CCNc1ncc(C)c(Oc2ccc(F)c(Cl)c2)n1. The second-order valence-electron chi connectivity index (χ2n) is 3.89. The maximum absolute atomic E-state index is 13.1. The summed E-state index contributed by atoms with van der Waals surface area (Å²) in [5.41, 5.74) is 0.780. The number of aryl methyl sites for hydroxylation is 1. The minimum atomic E-state index is -0.484. The minimum Gasteiger partial charge on any atom is -0.439 e. The Morgan fingerprint density at radius 2 is 2.21 bits per heavy atom. The molecule has 0 bridgehead atoms. The summed E-state index contributed by atoms with van der Waals surface area (Å²) in [5, 5.41) is 3.00. The zero-order chi connectivity index (χ0) is 13.8. The first-order valence-electron chi connectivity index (χ1n) is 5.80. The molecule has 19 heavy (non-hydrogen) atoms. The largest absolute Gasteiger partial charge is 0.439 e. The summed E-state index contributed by atoms with van der Waals surface area (Å²) in [6.07, 6.45) is 1.66. The third-order valence-corrected chi connectivity index (χ3v) is 2.66. The van der Waals surface area contributed by atoms with Crippen LogP contribution in [0.2, 0.25) is 5.02 Å². The van der Waals surface area contributed by atoms with Crippen LogP contribution in [0.1, 0.15) is 12.5 Å². The normalized spacial score (nSPS) is 10.3. The molecule has 100 valence electrons. The van der Waals surface area contributed by atoms with E-state index in [-0.39, 0.29) is 5.02 Å². The smallest absolute Gasteiger partial charge is 0.226 e. The lowest BCUT2D eigenvalue weighted by Crippen LogP contribution is -2.03. The molecule has 0 saturated heterocycles. The van der Waals surface area contributed by atoms with Crippen molar-refractivity contribution in [2.75, 3.05) is 11.9 Å². The van der Waals surface area contributed by atoms with E-state index in [1.807, 2.05) is 13.8 Å². The third-order valence-electron chi connectivity index (χ3n) is 2.37. The Hall–Kier alpha value is -1.88. The van der Waals surface area contributed by atoms with Crippen molar-refractivity contribution in [1.82, 2.24) is 9.97 Å². The highest BCUT2D eigenvalue weighted by molar-refractivity contribution is 6.30. The van der Waals surface area contributed by atoms with Gasteiger partial charge in [0.15, 0.2) is 0 Å². The highest BCUT2D eigenvalue weighted by Gasteiger charge is 2.08.